The Balaban J connectivity index is 1.79. The van der Waals surface area contributed by atoms with E-state index in [1.165, 1.54) is 5.56 Å². The van der Waals surface area contributed by atoms with Gasteiger partial charge < -0.3 is 0 Å². The third kappa shape index (κ3) is 4.31. The maximum absolute atomic E-state index is 5.17. The van der Waals surface area contributed by atoms with Crippen molar-refractivity contribution in [3.63, 3.8) is 0 Å². The highest BCUT2D eigenvalue weighted by molar-refractivity contribution is 5.72. The summed E-state index contributed by atoms with van der Waals surface area (Å²) < 4.78 is 0. The zero-order chi connectivity index (χ0) is 17.6. The van der Waals surface area contributed by atoms with E-state index in [9.17, 15) is 0 Å². The largest absolute Gasteiger partial charge is 0.277 e. The highest BCUT2D eigenvalue weighted by Gasteiger charge is 2.02. The predicted octanol–water partition coefficient (Wildman–Crippen LogP) is 4.62. The summed E-state index contributed by atoms with van der Waals surface area (Å²) in [4.78, 5) is 14.0. The average Bonchev–Trinajstić information content (AvgIpc) is 2.66. The van der Waals surface area contributed by atoms with Crippen LogP contribution in [0.15, 0.2) is 60.9 Å². The number of nitrogens with zero attached hydrogens (tertiary/aromatic N) is 3. The summed E-state index contributed by atoms with van der Waals surface area (Å²) in [5, 5.41) is 1.72. The first-order chi connectivity index (χ1) is 12.2. The molecule has 3 rings (SSSR count). The molecular formula is C21H21N3O. The van der Waals surface area contributed by atoms with E-state index in [2.05, 4.69) is 41.2 Å². The standard InChI is InChI=1S/C21H21N3O/c1-16-10-12-22-20(14-16)21-15-18(11-13-23-21)5-4-17-6-8-19(9-7-17)24(2)25-3/h4-15H,1-3H3/b5-4+. The van der Waals surface area contributed by atoms with E-state index in [4.69, 9.17) is 4.84 Å². The molecule has 2 aromatic heterocycles. The highest BCUT2D eigenvalue weighted by Crippen LogP contribution is 2.19. The predicted molar refractivity (Wildman–Crippen MR) is 103 cm³/mol. The fourth-order valence-corrected chi connectivity index (χ4v) is 2.46. The van der Waals surface area contributed by atoms with Gasteiger partial charge in [-0.25, -0.2) is 0 Å². The summed E-state index contributed by atoms with van der Waals surface area (Å²) in [6.07, 6.45) is 7.79. The van der Waals surface area contributed by atoms with E-state index in [1.807, 2.05) is 55.8 Å². The summed E-state index contributed by atoms with van der Waals surface area (Å²) in [7, 11) is 3.53. The second-order valence-electron chi connectivity index (χ2n) is 5.80. The van der Waals surface area contributed by atoms with E-state index in [1.54, 1.807) is 12.2 Å². The Morgan fingerprint density at radius 1 is 0.840 bits per heavy atom. The van der Waals surface area contributed by atoms with Crippen molar-refractivity contribution in [2.75, 3.05) is 19.2 Å². The van der Waals surface area contributed by atoms with Crippen molar-refractivity contribution in [3.8, 4) is 11.4 Å². The number of anilines is 1. The van der Waals surface area contributed by atoms with Crippen LogP contribution in [0.25, 0.3) is 23.5 Å². The Hall–Kier alpha value is -2.98. The van der Waals surface area contributed by atoms with E-state index in [-0.39, 0.29) is 0 Å². The van der Waals surface area contributed by atoms with Crippen LogP contribution >= 0.6 is 0 Å². The number of hydroxylamine groups is 1. The number of aryl methyl sites for hydroxylation is 1. The van der Waals surface area contributed by atoms with Gasteiger partial charge in [0, 0.05) is 19.4 Å². The van der Waals surface area contributed by atoms with Crippen LogP contribution in [0.5, 0.6) is 0 Å². The van der Waals surface area contributed by atoms with Crippen molar-refractivity contribution >= 4 is 17.8 Å². The molecule has 1 aromatic carbocycles. The van der Waals surface area contributed by atoms with Crippen molar-refractivity contribution in [2.24, 2.45) is 0 Å². The van der Waals surface area contributed by atoms with Gasteiger partial charge in [0.1, 0.15) is 0 Å². The first-order valence-electron chi connectivity index (χ1n) is 8.11. The van der Waals surface area contributed by atoms with Crippen molar-refractivity contribution in [2.45, 2.75) is 6.92 Å². The van der Waals surface area contributed by atoms with Crippen molar-refractivity contribution in [1.82, 2.24) is 9.97 Å². The molecule has 25 heavy (non-hydrogen) atoms. The Morgan fingerprint density at radius 2 is 1.48 bits per heavy atom. The number of rotatable bonds is 5. The second-order valence-corrected chi connectivity index (χ2v) is 5.80. The quantitative estimate of drug-likeness (QED) is 0.639. The lowest BCUT2D eigenvalue weighted by Crippen LogP contribution is -2.14. The Kier molecular flexibility index (Phi) is 5.21. The van der Waals surface area contributed by atoms with Gasteiger partial charge in [0.25, 0.3) is 0 Å². The molecule has 0 unspecified atom stereocenters. The van der Waals surface area contributed by atoms with E-state index >= 15 is 0 Å². The molecular weight excluding hydrogens is 310 g/mol. The summed E-state index contributed by atoms with van der Waals surface area (Å²) in [5.41, 5.74) is 6.17. The minimum Gasteiger partial charge on any atom is -0.277 e. The van der Waals surface area contributed by atoms with Crippen LogP contribution in [0.3, 0.4) is 0 Å². The van der Waals surface area contributed by atoms with Gasteiger partial charge in [-0.2, -0.15) is 0 Å². The smallest absolute Gasteiger partial charge is 0.0892 e. The molecule has 0 radical (unpaired) electrons. The molecule has 0 bridgehead atoms. The molecule has 0 fully saturated rings. The molecule has 0 aliphatic heterocycles. The van der Waals surface area contributed by atoms with Gasteiger partial charge >= 0.3 is 0 Å². The van der Waals surface area contributed by atoms with Crippen LogP contribution in [0, 0.1) is 6.92 Å². The topological polar surface area (TPSA) is 38.2 Å². The first-order valence-corrected chi connectivity index (χ1v) is 8.11. The molecule has 126 valence electrons. The van der Waals surface area contributed by atoms with Gasteiger partial charge in [-0.15, -0.1) is 0 Å². The first kappa shape index (κ1) is 16.9. The second kappa shape index (κ2) is 7.73. The Labute approximate surface area is 148 Å². The van der Waals surface area contributed by atoms with Gasteiger partial charge in [-0.1, -0.05) is 24.3 Å². The normalized spacial score (nSPS) is 11.0. The molecule has 0 saturated heterocycles. The van der Waals surface area contributed by atoms with E-state index in [0.717, 1.165) is 28.2 Å². The van der Waals surface area contributed by atoms with Crippen LogP contribution in [-0.4, -0.2) is 24.1 Å². The monoisotopic (exact) mass is 331 g/mol. The zero-order valence-corrected chi connectivity index (χ0v) is 14.7. The minimum absolute atomic E-state index is 0.878. The van der Waals surface area contributed by atoms with Crippen molar-refractivity contribution in [3.05, 3.63) is 77.6 Å². The van der Waals surface area contributed by atoms with Crippen LogP contribution in [-0.2, 0) is 4.84 Å². The maximum Gasteiger partial charge on any atom is 0.0892 e. The minimum atomic E-state index is 0.878. The van der Waals surface area contributed by atoms with Crippen molar-refractivity contribution in [1.29, 1.82) is 0 Å². The lowest BCUT2D eigenvalue weighted by Gasteiger charge is -2.15. The highest BCUT2D eigenvalue weighted by atomic mass is 16.7. The molecule has 0 amide bonds. The average molecular weight is 331 g/mol. The summed E-state index contributed by atoms with van der Waals surface area (Å²) in [5.74, 6) is 0. The Bertz CT molecular complexity index is 872. The lowest BCUT2D eigenvalue weighted by atomic mass is 10.1. The molecule has 0 spiro atoms. The summed E-state index contributed by atoms with van der Waals surface area (Å²) in [6, 6.07) is 16.2. The lowest BCUT2D eigenvalue weighted by molar-refractivity contribution is 0.185. The van der Waals surface area contributed by atoms with Crippen LogP contribution < -0.4 is 5.06 Å². The molecule has 0 N–H and O–H groups in total. The number of benzene rings is 1. The number of hydrogen-bond donors (Lipinski definition) is 0. The van der Waals surface area contributed by atoms with E-state index < -0.39 is 0 Å². The number of pyridine rings is 2. The van der Waals surface area contributed by atoms with Crippen molar-refractivity contribution < 1.29 is 4.84 Å². The van der Waals surface area contributed by atoms with Gasteiger partial charge in [0.15, 0.2) is 0 Å². The van der Waals surface area contributed by atoms with Gasteiger partial charge in [0.05, 0.1) is 24.2 Å². The number of hydrogen-bond acceptors (Lipinski definition) is 4. The van der Waals surface area contributed by atoms with E-state index in [0.29, 0.717) is 0 Å². The summed E-state index contributed by atoms with van der Waals surface area (Å²) >= 11 is 0. The van der Waals surface area contributed by atoms with Gasteiger partial charge in [0.2, 0.25) is 0 Å². The number of aromatic nitrogens is 2. The fourth-order valence-electron chi connectivity index (χ4n) is 2.46. The third-order valence-corrected chi connectivity index (χ3v) is 3.96. The SMILES string of the molecule is CON(C)c1ccc(/C=C/c2ccnc(-c3cc(C)ccn3)c2)cc1. The molecule has 3 aromatic rings. The molecule has 2 heterocycles. The van der Waals surface area contributed by atoms with Crippen LogP contribution in [0.2, 0.25) is 0 Å². The molecule has 0 saturated carbocycles. The molecule has 0 aliphatic rings. The third-order valence-electron chi connectivity index (χ3n) is 3.96. The summed E-state index contributed by atoms with van der Waals surface area (Å²) in [6.45, 7) is 2.06. The zero-order valence-electron chi connectivity index (χ0n) is 14.7. The molecule has 4 heteroatoms. The molecule has 4 nitrogen and oxygen atoms in total. The maximum atomic E-state index is 5.17. The van der Waals surface area contributed by atoms with Gasteiger partial charge in [-0.3, -0.25) is 19.9 Å². The fraction of sp³-hybridized carbons (Fsp3) is 0.143. The Morgan fingerprint density at radius 3 is 2.16 bits per heavy atom. The molecule has 0 aliphatic carbocycles. The van der Waals surface area contributed by atoms with Gasteiger partial charge in [-0.05, 0) is 60.0 Å². The van der Waals surface area contributed by atoms with Crippen LogP contribution in [0.4, 0.5) is 5.69 Å². The molecule has 0 atom stereocenters. The van der Waals surface area contributed by atoms with Crippen LogP contribution in [0.1, 0.15) is 16.7 Å².